The molecule has 0 N–H and O–H groups in total. The van der Waals surface area contributed by atoms with Crippen molar-refractivity contribution in [3.63, 3.8) is 0 Å². The zero-order chi connectivity index (χ0) is 17.1. The highest BCUT2D eigenvalue weighted by molar-refractivity contribution is 6.98. The molecule has 3 aromatic rings. The molecule has 3 aromatic carbocycles. The molecule has 0 saturated carbocycles. The van der Waals surface area contributed by atoms with Crippen LogP contribution in [0.25, 0.3) is 0 Å². The van der Waals surface area contributed by atoms with Gasteiger partial charge in [0.05, 0.1) is 8.80 Å². The van der Waals surface area contributed by atoms with E-state index in [1.54, 1.807) is 0 Å². The molecule has 0 unspecified atom stereocenters. The highest BCUT2D eigenvalue weighted by Gasteiger charge is 2.24. The first-order valence-corrected chi connectivity index (χ1v) is 11.1. The molecular formula is C22H24BSi. The van der Waals surface area contributed by atoms with E-state index in [-0.39, 0.29) is 0 Å². The fourth-order valence-corrected chi connectivity index (χ4v) is 4.51. The zero-order valence-electron chi connectivity index (χ0n) is 15.0. The molecule has 119 valence electrons. The van der Waals surface area contributed by atoms with Gasteiger partial charge in [0.15, 0.2) is 0 Å². The van der Waals surface area contributed by atoms with Crippen molar-refractivity contribution in [2.24, 2.45) is 0 Å². The molecule has 24 heavy (non-hydrogen) atoms. The highest BCUT2D eigenvalue weighted by Crippen LogP contribution is 2.00. The Kier molecular flexibility index (Phi) is 5.06. The summed E-state index contributed by atoms with van der Waals surface area (Å²) >= 11 is 0. The second kappa shape index (κ2) is 7.23. The van der Waals surface area contributed by atoms with E-state index in [9.17, 15) is 0 Å². The minimum absolute atomic E-state index is 0.308. The molecule has 0 aliphatic carbocycles. The van der Waals surface area contributed by atoms with Gasteiger partial charge in [0.2, 0.25) is 6.71 Å². The van der Waals surface area contributed by atoms with E-state index >= 15 is 0 Å². The minimum atomic E-state index is -0.517. The Balaban J connectivity index is 2.19. The lowest BCUT2D eigenvalue weighted by molar-refractivity contribution is 1.48. The van der Waals surface area contributed by atoms with Gasteiger partial charge in [0.25, 0.3) is 0 Å². The van der Waals surface area contributed by atoms with Crippen molar-refractivity contribution < 1.29 is 0 Å². The Bertz CT molecular complexity index is 759. The Morgan fingerprint density at radius 1 is 0.625 bits per heavy atom. The quantitative estimate of drug-likeness (QED) is 0.647. The largest absolute Gasteiger partial charge is 0.241 e. The molecule has 0 atom stereocenters. The lowest BCUT2D eigenvalue weighted by Crippen LogP contribution is -2.58. The lowest BCUT2D eigenvalue weighted by atomic mass is 9.37. The Morgan fingerprint density at radius 3 is 1.54 bits per heavy atom. The van der Waals surface area contributed by atoms with Crippen LogP contribution in [-0.2, 0) is 0 Å². The van der Waals surface area contributed by atoms with Crippen LogP contribution in [0.5, 0.6) is 0 Å². The number of benzene rings is 3. The Hall–Kier alpha value is -2.06. The van der Waals surface area contributed by atoms with E-state index in [2.05, 4.69) is 99.7 Å². The maximum atomic E-state index is 2.38. The van der Waals surface area contributed by atoms with Crippen LogP contribution in [0.1, 0.15) is 11.1 Å². The van der Waals surface area contributed by atoms with Gasteiger partial charge in [-0.2, -0.15) is 0 Å². The highest BCUT2D eigenvalue weighted by atomic mass is 28.3. The SMILES string of the molecule is Cc1ccc(B(c2ccc(C)cc2)c2ccccc2[Si](C)C)cc1. The molecule has 3 rings (SSSR count). The summed E-state index contributed by atoms with van der Waals surface area (Å²) < 4.78 is 0. The molecule has 0 aliphatic heterocycles. The normalized spacial score (nSPS) is 10.9. The van der Waals surface area contributed by atoms with Crippen molar-refractivity contribution in [2.45, 2.75) is 26.9 Å². The molecule has 0 aliphatic rings. The molecule has 0 aromatic heterocycles. The zero-order valence-corrected chi connectivity index (χ0v) is 16.0. The van der Waals surface area contributed by atoms with Crippen LogP contribution in [0, 0.1) is 13.8 Å². The van der Waals surface area contributed by atoms with Gasteiger partial charge in [-0.1, -0.05) is 119 Å². The van der Waals surface area contributed by atoms with Crippen molar-refractivity contribution in [3.8, 4) is 0 Å². The minimum Gasteiger partial charge on any atom is -0.0696 e. The van der Waals surface area contributed by atoms with E-state index < -0.39 is 8.80 Å². The summed E-state index contributed by atoms with van der Waals surface area (Å²) in [5.41, 5.74) is 6.83. The van der Waals surface area contributed by atoms with E-state index in [4.69, 9.17) is 0 Å². The first-order valence-electron chi connectivity index (χ1n) is 8.59. The number of hydrogen-bond donors (Lipinski definition) is 0. The summed E-state index contributed by atoms with van der Waals surface area (Å²) in [5, 5.41) is 1.54. The average Bonchev–Trinajstić information content (AvgIpc) is 2.59. The van der Waals surface area contributed by atoms with Gasteiger partial charge in [0.1, 0.15) is 0 Å². The maximum Gasteiger partial charge on any atom is 0.241 e. The van der Waals surface area contributed by atoms with Crippen LogP contribution < -0.4 is 21.6 Å². The maximum absolute atomic E-state index is 2.38. The smallest absolute Gasteiger partial charge is 0.0696 e. The number of aryl methyl sites for hydroxylation is 2. The van der Waals surface area contributed by atoms with Gasteiger partial charge >= 0.3 is 0 Å². The second-order valence-corrected chi connectivity index (χ2v) is 9.38. The standard InChI is InChI=1S/C22H24BSi/c1-17-9-13-19(14-10-17)23(20-15-11-18(2)12-16-20)21-7-5-6-8-22(21)24(3)4/h5-16H,1-4H3. The fourth-order valence-electron chi connectivity index (χ4n) is 3.27. The molecule has 0 heterocycles. The third-order valence-corrected chi connectivity index (χ3v) is 6.16. The first kappa shape index (κ1) is 16.8. The summed E-state index contributed by atoms with van der Waals surface area (Å²) in [6.07, 6.45) is 0. The molecule has 0 fully saturated rings. The summed E-state index contributed by atoms with van der Waals surface area (Å²) in [5.74, 6) is 0. The predicted octanol–water partition coefficient (Wildman–Crippen LogP) is 2.78. The van der Waals surface area contributed by atoms with Gasteiger partial charge < -0.3 is 0 Å². The van der Waals surface area contributed by atoms with Crippen LogP contribution in [0.2, 0.25) is 13.1 Å². The van der Waals surface area contributed by atoms with Crippen LogP contribution in [0.3, 0.4) is 0 Å². The molecule has 0 saturated heterocycles. The number of rotatable bonds is 4. The summed E-state index contributed by atoms with van der Waals surface area (Å²) in [4.78, 5) is 0. The van der Waals surface area contributed by atoms with Crippen molar-refractivity contribution in [2.75, 3.05) is 0 Å². The molecule has 0 nitrogen and oxygen atoms in total. The van der Waals surface area contributed by atoms with E-state index in [1.807, 2.05) is 0 Å². The second-order valence-electron chi connectivity index (χ2n) is 6.84. The Labute approximate surface area is 148 Å². The van der Waals surface area contributed by atoms with E-state index in [0.717, 1.165) is 0 Å². The van der Waals surface area contributed by atoms with Crippen molar-refractivity contribution in [1.82, 2.24) is 0 Å². The first-order chi connectivity index (χ1) is 11.6. The molecule has 1 radical (unpaired) electrons. The summed E-state index contributed by atoms with van der Waals surface area (Å²) in [7, 11) is -0.517. The van der Waals surface area contributed by atoms with Gasteiger partial charge in [0, 0.05) is 0 Å². The molecule has 2 heteroatoms. The molecule has 0 amide bonds. The molecule has 0 bridgehead atoms. The summed E-state index contributed by atoms with van der Waals surface area (Å²) in [6, 6.07) is 27.0. The van der Waals surface area contributed by atoms with Crippen molar-refractivity contribution in [1.29, 1.82) is 0 Å². The summed E-state index contributed by atoms with van der Waals surface area (Å²) in [6.45, 7) is 9.37. The Morgan fingerprint density at radius 2 is 1.08 bits per heavy atom. The van der Waals surface area contributed by atoms with Gasteiger partial charge in [-0.3, -0.25) is 0 Å². The van der Waals surface area contributed by atoms with E-state index in [1.165, 1.54) is 32.7 Å². The van der Waals surface area contributed by atoms with Crippen molar-refractivity contribution >= 4 is 37.1 Å². The number of hydrogen-bond acceptors (Lipinski definition) is 0. The molecule has 0 spiro atoms. The van der Waals surface area contributed by atoms with Crippen LogP contribution in [-0.4, -0.2) is 15.5 Å². The van der Waals surface area contributed by atoms with E-state index in [0.29, 0.717) is 6.71 Å². The average molecular weight is 327 g/mol. The third-order valence-electron chi connectivity index (χ3n) is 4.63. The lowest BCUT2D eigenvalue weighted by Gasteiger charge is -2.21. The van der Waals surface area contributed by atoms with Gasteiger partial charge in [-0.15, -0.1) is 0 Å². The fraction of sp³-hybridized carbons (Fsp3) is 0.182. The van der Waals surface area contributed by atoms with Crippen LogP contribution in [0.4, 0.5) is 0 Å². The van der Waals surface area contributed by atoms with Gasteiger partial charge in [-0.05, 0) is 13.8 Å². The van der Waals surface area contributed by atoms with Crippen LogP contribution >= 0.6 is 0 Å². The monoisotopic (exact) mass is 327 g/mol. The third kappa shape index (κ3) is 3.54. The molecular weight excluding hydrogens is 303 g/mol. The van der Waals surface area contributed by atoms with Gasteiger partial charge in [-0.25, -0.2) is 0 Å². The van der Waals surface area contributed by atoms with Crippen LogP contribution in [0.15, 0.2) is 72.8 Å². The topological polar surface area (TPSA) is 0 Å². The predicted molar refractivity (Wildman–Crippen MR) is 111 cm³/mol. The van der Waals surface area contributed by atoms with Crippen molar-refractivity contribution in [3.05, 3.63) is 83.9 Å².